The zero-order chi connectivity index (χ0) is 17.0. The minimum Gasteiger partial charge on any atom is -0.507 e. The minimum atomic E-state index is -2.66. The third-order valence-corrected chi connectivity index (χ3v) is 3.88. The van der Waals surface area contributed by atoms with Crippen molar-refractivity contribution in [1.29, 1.82) is 0 Å². The summed E-state index contributed by atoms with van der Waals surface area (Å²) in [5, 5.41) is 18.4. The Labute approximate surface area is 138 Å². The van der Waals surface area contributed by atoms with Gasteiger partial charge in [0.2, 0.25) is 5.05 Å². The second-order valence-corrected chi connectivity index (χ2v) is 5.79. The molecule has 0 amide bonds. The van der Waals surface area contributed by atoms with Crippen LogP contribution in [-0.4, -0.2) is 29.7 Å². The first-order valence-corrected chi connectivity index (χ1v) is 7.76. The highest BCUT2D eigenvalue weighted by Gasteiger charge is 2.14. The van der Waals surface area contributed by atoms with E-state index in [0.29, 0.717) is 10.6 Å². The maximum Gasteiger partial charge on any atom is 0.339 e. The quantitative estimate of drug-likeness (QED) is 0.817. The SMILES string of the molecule is O=C(O)c1cc(OC(Cc2ccccc2Cl)=S(=O)=O)ccc1O. The van der Waals surface area contributed by atoms with Crippen molar-refractivity contribution in [2.24, 2.45) is 0 Å². The van der Waals surface area contributed by atoms with Gasteiger partial charge in [-0.25, -0.2) is 4.79 Å². The van der Waals surface area contributed by atoms with Crippen LogP contribution in [0.1, 0.15) is 15.9 Å². The Morgan fingerprint density at radius 2 is 1.87 bits per heavy atom. The summed E-state index contributed by atoms with van der Waals surface area (Å²) in [7, 11) is -2.66. The third kappa shape index (κ3) is 4.24. The number of hydrogen-bond donors (Lipinski definition) is 2. The molecule has 0 bridgehead atoms. The molecule has 0 saturated heterocycles. The molecule has 8 heteroatoms. The molecule has 0 heterocycles. The van der Waals surface area contributed by atoms with Crippen molar-refractivity contribution in [1.82, 2.24) is 0 Å². The predicted octanol–water partition coefficient (Wildman–Crippen LogP) is 2.37. The molecule has 120 valence electrons. The van der Waals surface area contributed by atoms with E-state index in [1.807, 2.05) is 0 Å². The van der Waals surface area contributed by atoms with Gasteiger partial charge in [0.1, 0.15) is 17.1 Å². The van der Waals surface area contributed by atoms with E-state index in [2.05, 4.69) is 0 Å². The topological polar surface area (TPSA) is 101 Å². The molecule has 0 radical (unpaired) electrons. The monoisotopic (exact) mass is 354 g/mol. The molecular formula is C15H11ClO6S. The average Bonchev–Trinajstić information content (AvgIpc) is 2.50. The Morgan fingerprint density at radius 3 is 2.48 bits per heavy atom. The van der Waals surface area contributed by atoms with E-state index in [1.54, 1.807) is 24.3 Å². The van der Waals surface area contributed by atoms with Crippen LogP contribution < -0.4 is 4.74 Å². The van der Waals surface area contributed by atoms with Crippen LogP contribution in [0.4, 0.5) is 0 Å². The summed E-state index contributed by atoms with van der Waals surface area (Å²) in [5.74, 6) is -1.82. The molecular weight excluding hydrogens is 344 g/mol. The molecule has 6 nitrogen and oxygen atoms in total. The molecule has 0 atom stereocenters. The van der Waals surface area contributed by atoms with Gasteiger partial charge in [0.05, 0.1) is 0 Å². The van der Waals surface area contributed by atoms with Gasteiger partial charge < -0.3 is 14.9 Å². The molecule has 0 aliphatic rings. The van der Waals surface area contributed by atoms with Crippen LogP contribution >= 0.6 is 11.6 Å². The number of hydrogen-bond acceptors (Lipinski definition) is 5. The Hall–Kier alpha value is -2.51. The second-order valence-electron chi connectivity index (χ2n) is 4.46. The van der Waals surface area contributed by atoms with Crippen molar-refractivity contribution in [2.45, 2.75) is 6.42 Å². The minimum absolute atomic E-state index is 0.0218. The van der Waals surface area contributed by atoms with E-state index >= 15 is 0 Å². The first-order valence-electron chi connectivity index (χ1n) is 6.31. The van der Waals surface area contributed by atoms with Crippen molar-refractivity contribution in [3.8, 4) is 11.5 Å². The Bertz CT molecular complexity index is 881. The standard InChI is InChI=1S/C15H11ClO6S/c16-12-4-2-1-3-9(12)7-14(23(20)21)22-10-5-6-13(17)11(8-10)15(18)19/h1-6,8,17H,7H2,(H,18,19). The zero-order valence-electron chi connectivity index (χ0n) is 11.6. The number of rotatable bonds is 4. The van der Waals surface area contributed by atoms with Gasteiger partial charge in [-0.3, -0.25) is 0 Å². The van der Waals surface area contributed by atoms with Crippen LogP contribution in [0.15, 0.2) is 42.5 Å². The van der Waals surface area contributed by atoms with Gasteiger partial charge in [0.15, 0.2) is 0 Å². The van der Waals surface area contributed by atoms with E-state index in [9.17, 15) is 18.3 Å². The fourth-order valence-corrected chi connectivity index (χ4v) is 2.45. The number of carboxylic acids is 1. The zero-order valence-corrected chi connectivity index (χ0v) is 13.1. The van der Waals surface area contributed by atoms with Gasteiger partial charge in [-0.2, -0.15) is 8.42 Å². The summed E-state index contributed by atoms with van der Waals surface area (Å²) in [6.07, 6.45) is -0.0843. The molecule has 0 aromatic heterocycles. The van der Waals surface area contributed by atoms with Gasteiger partial charge >= 0.3 is 5.97 Å². The molecule has 0 spiro atoms. The Morgan fingerprint density at radius 1 is 1.17 bits per heavy atom. The van der Waals surface area contributed by atoms with E-state index in [0.717, 1.165) is 12.1 Å². The van der Waals surface area contributed by atoms with Crippen LogP contribution in [0.2, 0.25) is 5.02 Å². The highest BCUT2D eigenvalue weighted by atomic mass is 35.5. The number of carbonyl (C=O) groups is 1. The largest absolute Gasteiger partial charge is 0.507 e. The van der Waals surface area contributed by atoms with E-state index in [1.165, 1.54) is 6.07 Å². The van der Waals surface area contributed by atoms with Crippen LogP contribution in [0.25, 0.3) is 0 Å². The van der Waals surface area contributed by atoms with Crippen LogP contribution in [0.5, 0.6) is 11.5 Å². The smallest absolute Gasteiger partial charge is 0.339 e. The number of ether oxygens (including phenoxy) is 1. The lowest BCUT2D eigenvalue weighted by Crippen LogP contribution is -2.14. The van der Waals surface area contributed by atoms with Crippen LogP contribution in [-0.2, 0) is 16.7 Å². The van der Waals surface area contributed by atoms with Crippen molar-refractivity contribution >= 4 is 32.9 Å². The first kappa shape index (κ1) is 16.9. The number of aromatic hydroxyl groups is 1. The maximum atomic E-state index is 11.3. The molecule has 0 fully saturated rings. The number of benzene rings is 2. The van der Waals surface area contributed by atoms with Crippen LogP contribution in [0, 0.1) is 0 Å². The van der Waals surface area contributed by atoms with E-state index < -0.39 is 27.6 Å². The van der Waals surface area contributed by atoms with Crippen molar-refractivity contribution in [3.05, 3.63) is 58.6 Å². The molecule has 0 unspecified atom stereocenters. The van der Waals surface area contributed by atoms with Crippen molar-refractivity contribution in [2.75, 3.05) is 0 Å². The highest BCUT2D eigenvalue weighted by Crippen LogP contribution is 2.24. The molecule has 2 aromatic rings. The van der Waals surface area contributed by atoms with Crippen LogP contribution in [0.3, 0.4) is 0 Å². The summed E-state index contributed by atoms with van der Waals surface area (Å²) in [6.45, 7) is 0. The number of carboxylic acid groups (broad SMARTS) is 1. The fourth-order valence-electron chi connectivity index (χ4n) is 1.81. The normalized spacial score (nSPS) is 10.1. The van der Waals surface area contributed by atoms with Gasteiger partial charge in [0, 0.05) is 11.4 Å². The third-order valence-electron chi connectivity index (χ3n) is 2.91. The number of phenols is 1. The number of halogens is 1. The lowest BCUT2D eigenvalue weighted by atomic mass is 10.1. The molecule has 2 aromatic carbocycles. The van der Waals surface area contributed by atoms with Gasteiger partial charge in [0.25, 0.3) is 10.3 Å². The second kappa shape index (κ2) is 7.17. The summed E-state index contributed by atoms with van der Waals surface area (Å²) in [5.41, 5.74) is 0.155. The molecule has 2 N–H and O–H groups in total. The van der Waals surface area contributed by atoms with E-state index in [4.69, 9.17) is 21.4 Å². The summed E-state index contributed by atoms with van der Waals surface area (Å²) < 4.78 is 27.9. The molecule has 0 aliphatic heterocycles. The molecule has 2 rings (SSSR count). The van der Waals surface area contributed by atoms with Crippen molar-refractivity contribution in [3.63, 3.8) is 0 Å². The maximum absolute atomic E-state index is 11.3. The highest BCUT2D eigenvalue weighted by molar-refractivity contribution is 7.72. The molecule has 0 saturated carbocycles. The van der Waals surface area contributed by atoms with Crippen molar-refractivity contribution < 1.29 is 28.2 Å². The molecule has 23 heavy (non-hydrogen) atoms. The average molecular weight is 355 g/mol. The summed E-state index contributed by atoms with van der Waals surface area (Å²) >= 11 is 5.98. The number of aromatic carboxylic acids is 1. The van der Waals surface area contributed by atoms with E-state index in [-0.39, 0.29) is 17.2 Å². The fraction of sp³-hybridized carbons (Fsp3) is 0.0667. The lowest BCUT2D eigenvalue weighted by Gasteiger charge is -2.09. The summed E-state index contributed by atoms with van der Waals surface area (Å²) in [4.78, 5) is 11.0. The van der Waals surface area contributed by atoms with Gasteiger partial charge in [-0.15, -0.1) is 0 Å². The first-order chi connectivity index (χ1) is 10.9. The lowest BCUT2D eigenvalue weighted by molar-refractivity contribution is 0.0693. The Balaban J connectivity index is 2.32. The molecule has 0 aliphatic carbocycles. The summed E-state index contributed by atoms with van der Waals surface area (Å²) in [6, 6.07) is 10.1. The van der Waals surface area contributed by atoms with Gasteiger partial charge in [-0.1, -0.05) is 29.8 Å². The Kier molecular flexibility index (Phi) is 5.25. The predicted molar refractivity (Wildman–Crippen MR) is 84.8 cm³/mol. The van der Waals surface area contributed by atoms with Gasteiger partial charge in [-0.05, 0) is 29.8 Å².